The number of rotatable bonds is 5. The van der Waals surface area contributed by atoms with E-state index in [2.05, 4.69) is 15.0 Å². The zero-order valence-corrected chi connectivity index (χ0v) is 12.6. The van der Waals surface area contributed by atoms with Crippen LogP contribution in [-0.4, -0.2) is 33.2 Å². The smallest absolute Gasteiger partial charge is 0.226 e. The van der Waals surface area contributed by atoms with E-state index >= 15 is 0 Å². The van der Waals surface area contributed by atoms with Gasteiger partial charge in [-0.1, -0.05) is 30.3 Å². The van der Waals surface area contributed by atoms with Gasteiger partial charge in [-0.05, 0) is 25.5 Å². The van der Waals surface area contributed by atoms with Gasteiger partial charge < -0.3 is 9.63 Å². The fourth-order valence-electron chi connectivity index (χ4n) is 2.95. The predicted octanol–water partition coefficient (Wildman–Crippen LogP) is 2.64. The number of hydrogen-bond acceptors (Lipinski definition) is 5. The maximum Gasteiger partial charge on any atom is 0.226 e. The Morgan fingerprint density at radius 1 is 1.45 bits per heavy atom. The predicted molar refractivity (Wildman–Crippen MR) is 78.6 cm³/mol. The van der Waals surface area contributed by atoms with Crippen LogP contribution in [-0.2, 0) is 6.42 Å². The first-order valence-electron chi connectivity index (χ1n) is 7.68. The van der Waals surface area contributed by atoms with Gasteiger partial charge in [-0.15, -0.1) is 0 Å². The summed E-state index contributed by atoms with van der Waals surface area (Å²) in [5.74, 6) is 0.908. The van der Waals surface area contributed by atoms with Crippen LogP contribution in [0.3, 0.4) is 0 Å². The first-order valence-corrected chi connectivity index (χ1v) is 7.68. The second-order valence-corrected chi connectivity index (χ2v) is 5.59. The first-order chi connectivity index (χ1) is 10.7. The molecule has 5 nitrogen and oxygen atoms in total. The van der Waals surface area contributed by atoms with Crippen molar-refractivity contribution >= 4 is 0 Å². The normalized spacial score (nSPS) is 20.4. The summed E-state index contributed by atoms with van der Waals surface area (Å²) in [4.78, 5) is 6.48. The molecule has 1 fully saturated rings. The van der Waals surface area contributed by atoms with Gasteiger partial charge in [0.05, 0.1) is 12.1 Å². The average Bonchev–Trinajstić information content (AvgIpc) is 3.15. The summed E-state index contributed by atoms with van der Waals surface area (Å²) in [6.45, 7) is 3.17. The number of likely N-dealkylation sites (tertiary alicyclic amines) is 1. The van der Waals surface area contributed by atoms with Gasteiger partial charge in [-0.25, -0.2) is 4.39 Å². The molecular weight excluding hydrogens is 285 g/mol. The molecular formula is C16H20FN3O2. The van der Waals surface area contributed by atoms with Gasteiger partial charge in [0, 0.05) is 18.5 Å². The van der Waals surface area contributed by atoms with Crippen LogP contribution in [0.1, 0.15) is 49.2 Å². The molecule has 2 heterocycles. The summed E-state index contributed by atoms with van der Waals surface area (Å²) >= 11 is 0. The highest BCUT2D eigenvalue weighted by Gasteiger charge is 2.31. The fourth-order valence-corrected chi connectivity index (χ4v) is 2.95. The summed E-state index contributed by atoms with van der Waals surface area (Å²) in [6, 6.07) is 6.37. The second-order valence-electron chi connectivity index (χ2n) is 5.59. The van der Waals surface area contributed by atoms with Crippen LogP contribution in [0.15, 0.2) is 28.8 Å². The standard InChI is InChI=1S/C16H20FN3O2/c1-2-15-18-16(19-22-15)13-8-5-9-20(13)10-14(21)11-6-3-4-7-12(11)17/h3-4,6-7,13-14,21H,2,5,8-10H2,1H3. The topological polar surface area (TPSA) is 62.4 Å². The molecule has 1 aromatic heterocycles. The number of benzene rings is 1. The summed E-state index contributed by atoms with van der Waals surface area (Å²) in [7, 11) is 0. The lowest BCUT2D eigenvalue weighted by atomic mass is 10.1. The molecule has 22 heavy (non-hydrogen) atoms. The van der Waals surface area contributed by atoms with E-state index in [0.717, 1.165) is 19.4 Å². The lowest BCUT2D eigenvalue weighted by Crippen LogP contribution is -2.29. The van der Waals surface area contributed by atoms with E-state index < -0.39 is 6.10 Å². The Morgan fingerprint density at radius 2 is 2.27 bits per heavy atom. The highest BCUT2D eigenvalue weighted by molar-refractivity contribution is 5.20. The molecule has 6 heteroatoms. The molecule has 1 saturated heterocycles. The monoisotopic (exact) mass is 305 g/mol. The van der Waals surface area contributed by atoms with Crippen molar-refractivity contribution in [3.05, 3.63) is 47.4 Å². The fraction of sp³-hybridized carbons (Fsp3) is 0.500. The van der Waals surface area contributed by atoms with Crippen LogP contribution in [0.2, 0.25) is 0 Å². The first kappa shape index (κ1) is 15.1. The number of halogens is 1. The van der Waals surface area contributed by atoms with Gasteiger partial charge in [0.2, 0.25) is 5.89 Å². The SMILES string of the molecule is CCc1nc(C2CCCN2CC(O)c2ccccc2F)no1. The van der Waals surface area contributed by atoms with Gasteiger partial charge in [0.25, 0.3) is 0 Å². The summed E-state index contributed by atoms with van der Waals surface area (Å²) in [6.07, 6.45) is 1.77. The highest BCUT2D eigenvalue weighted by Crippen LogP contribution is 2.32. The van der Waals surface area contributed by atoms with Crippen LogP contribution >= 0.6 is 0 Å². The van der Waals surface area contributed by atoms with Crippen LogP contribution in [0, 0.1) is 5.82 Å². The number of hydrogen-bond donors (Lipinski definition) is 1. The van der Waals surface area contributed by atoms with E-state index in [1.165, 1.54) is 6.07 Å². The van der Waals surface area contributed by atoms with E-state index in [1.807, 2.05) is 6.92 Å². The third-order valence-electron chi connectivity index (χ3n) is 4.12. The van der Waals surface area contributed by atoms with Gasteiger partial charge in [-0.2, -0.15) is 4.98 Å². The number of aliphatic hydroxyl groups excluding tert-OH is 1. The minimum atomic E-state index is -0.862. The van der Waals surface area contributed by atoms with Crippen molar-refractivity contribution in [3.8, 4) is 0 Å². The zero-order chi connectivity index (χ0) is 15.5. The Balaban J connectivity index is 1.72. The van der Waals surface area contributed by atoms with Crippen molar-refractivity contribution in [2.45, 2.75) is 38.3 Å². The molecule has 1 aliphatic heterocycles. The molecule has 2 atom stereocenters. The Morgan fingerprint density at radius 3 is 3.00 bits per heavy atom. The quantitative estimate of drug-likeness (QED) is 0.920. The Hall–Kier alpha value is -1.79. The number of nitrogens with zero attached hydrogens (tertiary/aromatic N) is 3. The number of aryl methyl sites for hydroxylation is 1. The van der Waals surface area contributed by atoms with Crippen LogP contribution < -0.4 is 0 Å². The van der Waals surface area contributed by atoms with Crippen molar-refractivity contribution in [2.24, 2.45) is 0 Å². The van der Waals surface area contributed by atoms with E-state index in [-0.39, 0.29) is 11.9 Å². The maximum atomic E-state index is 13.8. The minimum Gasteiger partial charge on any atom is -0.387 e. The van der Waals surface area contributed by atoms with Gasteiger partial charge >= 0.3 is 0 Å². The molecule has 2 unspecified atom stereocenters. The van der Waals surface area contributed by atoms with Crippen molar-refractivity contribution < 1.29 is 14.0 Å². The zero-order valence-electron chi connectivity index (χ0n) is 12.6. The Bertz CT molecular complexity index is 631. The van der Waals surface area contributed by atoms with E-state index in [4.69, 9.17) is 4.52 Å². The molecule has 1 N–H and O–H groups in total. The molecule has 2 aromatic rings. The molecule has 0 spiro atoms. The lowest BCUT2D eigenvalue weighted by Gasteiger charge is -2.25. The molecule has 0 bridgehead atoms. The maximum absolute atomic E-state index is 13.8. The van der Waals surface area contributed by atoms with Crippen molar-refractivity contribution in [1.29, 1.82) is 0 Å². The van der Waals surface area contributed by atoms with Crippen LogP contribution in [0.4, 0.5) is 4.39 Å². The lowest BCUT2D eigenvalue weighted by molar-refractivity contribution is 0.101. The Labute approximate surface area is 128 Å². The minimum absolute atomic E-state index is 0.0328. The van der Waals surface area contributed by atoms with Crippen molar-refractivity contribution in [2.75, 3.05) is 13.1 Å². The van der Waals surface area contributed by atoms with Crippen LogP contribution in [0.25, 0.3) is 0 Å². The van der Waals surface area contributed by atoms with Crippen molar-refractivity contribution in [1.82, 2.24) is 15.0 Å². The molecule has 1 aliphatic rings. The molecule has 0 amide bonds. The van der Waals surface area contributed by atoms with E-state index in [9.17, 15) is 9.50 Å². The van der Waals surface area contributed by atoms with Gasteiger partial charge in [0.1, 0.15) is 5.82 Å². The average molecular weight is 305 g/mol. The summed E-state index contributed by atoms with van der Waals surface area (Å²) in [5, 5.41) is 14.4. The number of aromatic nitrogens is 2. The summed E-state index contributed by atoms with van der Waals surface area (Å²) < 4.78 is 18.9. The Kier molecular flexibility index (Phi) is 4.49. The third-order valence-corrected chi connectivity index (χ3v) is 4.12. The van der Waals surface area contributed by atoms with Crippen LogP contribution in [0.5, 0.6) is 0 Å². The molecule has 0 radical (unpaired) electrons. The summed E-state index contributed by atoms with van der Waals surface area (Å²) in [5.41, 5.74) is 0.329. The van der Waals surface area contributed by atoms with E-state index in [1.54, 1.807) is 18.2 Å². The molecule has 0 aliphatic carbocycles. The molecule has 3 rings (SSSR count). The van der Waals surface area contributed by atoms with Gasteiger partial charge in [0.15, 0.2) is 5.82 Å². The molecule has 118 valence electrons. The molecule has 1 aromatic carbocycles. The number of aliphatic hydroxyl groups is 1. The number of β-amino-alcohol motifs (C(OH)–C–C–N with tert-alkyl or cyclic N) is 1. The van der Waals surface area contributed by atoms with Gasteiger partial charge in [-0.3, -0.25) is 4.90 Å². The van der Waals surface area contributed by atoms with E-state index in [0.29, 0.717) is 30.2 Å². The van der Waals surface area contributed by atoms with Crippen molar-refractivity contribution in [3.63, 3.8) is 0 Å². The molecule has 0 saturated carbocycles. The highest BCUT2D eigenvalue weighted by atomic mass is 19.1. The largest absolute Gasteiger partial charge is 0.387 e. The second kappa shape index (κ2) is 6.54. The third kappa shape index (κ3) is 3.03.